The van der Waals surface area contributed by atoms with Gasteiger partial charge in [0.2, 0.25) is 5.82 Å². The Morgan fingerprint density at radius 2 is 1.90 bits per heavy atom. The van der Waals surface area contributed by atoms with Crippen molar-refractivity contribution in [1.29, 1.82) is 0 Å². The van der Waals surface area contributed by atoms with Crippen LogP contribution in [-0.2, 0) is 13.7 Å². The predicted molar refractivity (Wildman–Crippen MR) is 141 cm³/mol. The lowest BCUT2D eigenvalue weighted by Crippen LogP contribution is -2.39. The molecule has 0 unspecified atom stereocenters. The average Bonchev–Trinajstić information content (AvgIpc) is 3.29. The van der Waals surface area contributed by atoms with E-state index >= 15 is 0 Å². The highest BCUT2D eigenvalue weighted by Crippen LogP contribution is 2.25. The molecule has 5 aromatic rings. The van der Waals surface area contributed by atoms with Gasteiger partial charge in [0.15, 0.2) is 6.61 Å². The van der Waals surface area contributed by atoms with Crippen LogP contribution in [0, 0.1) is 10.1 Å². The minimum absolute atomic E-state index is 0.0388. The molecule has 0 aliphatic heterocycles. The van der Waals surface area contributed by atoms with Crippen molar-refractivity contribution in [3.8, 4) is 28.3 Å². The van der Waals surface area contributed by atoms with Crippen LogP contribution < -0.4 is 21.5 Å². The molecule has 0 atom stereocenters. The third-order valence-corrected chi connectivity index (χ3v) is 6.07. The van der Waals surface area contributed by atoms with Crippen LogP contribution in [0.2, 0.25) is 5.02 Å². The maximum Gasteiger partial charge on any atom is 0.342 e. The van der Waals surface area contributed by atoms with Crippen molar-refractivity contribution in [2.45, 2.75) is 6.61 Å². The van der Waals surface area contributed by atoms with E-state index in [1.165, 1.54) is 71.3 Å². The second kappa shape index (κ2) is 10.2. The Morgan fingerprint density at radius 1 is 1.08 bits per heavy atom. The Balaban J connectivity index is 1.64. The highest BCUT2D eigenvalue weighted by molar-refractivity contribution is 6.30. The van der Waals surface area contributed by atoms with E-state index < -0.39 is 21.7 Å². The summed E-state index contributed by atoms with van der Waals surface area (Å²) < 4.78 is 9.14. The molecule has 13 nitrogen and oxygen atoms in total. The van der Waals surface area contributed by atoms with Crippen LogP contribution >= 0.6 is 11.6 Å². The molecule has 0 saturated heterocycles. The maximum absolute atomic E-state index is 13.6. The predicted octanol–water partition coefficient (Wildman–Crippen LogP) is 2.61. The molecule has 4 aromatic heterocycles. The van der Waals surface area contributed by atoms with Crippen molar-refractivity contribution < 1.29 is 9.66 Å². The monoisotopic (exact) mass is 547 g/mol. The summed E-state index contributed by atoms with van der Waals surface area (Å²) in [4.78, 5) is 60.7. The summed E-state index contributed by atoms with van der Waals surface area (Å²) in [6.07, 6.45) is 6.66. The van der Waals surface area contributed by atoms with Crippen molar-refractivity contribution in [3.63, 3.8) is 0 Å². The van der Waals surface area contributed by atoms with Gasteiger partial charge in [-0.05, 0) is 41.3 Å². The number of H-pyrrole nitrogens is 1. The average molecular weight is 548 g/mol. The number of nitro groups is 1. The number of pyridine rings is 2. The van der Waals surface area contributed by atoms with E-state index in [9.17, 15) is 24.5 Å². The summed E-state index contributed by atoms with van der Waals surface area (Å²) in [6.45, 7) is -0.126. The number of hydrogen-bond donors (Lipinski definition) is 1. The van der Waals surface area contributed by atoms with Gasteiger partial charge in [-0.1, -0.05) is 11.6 Å². The standard InChI is InChI=1S/C25H18ClN7O6/c1-30-21(29-12-22(30)33(37)38)14-39-18-9-15(26)8-17(10-18)31-13-20(19-5-3-7-28-23(19)34)24(35)32(25(31)36)16-4-2-6-27-11-16/h2-13H,14H2,1H3,(H,28,34). The summed E-state index contributed by atoms with van der Waals surface area (Å²) in [7, 11) is 1.49. The number of imidazole rings is 1. The third-order valence-electron chi connectivity index (χ3n) is 5.85. The molecule has 0 bridgehead atoms. The highest BCUT2D eigenvalue weighted by atomic mass is 35.5. The van der Waals surface area contributed by atoms with E-state index in [1.54, 1.807) is 12.1 Å². The Bertz CT molecular complexity index is 1890. The smallest absolute Gasteiger partial charge is 0.342 e. The fraction of sp³-hybridized carbons (Fsp3) is 0.0800. The first-order chi connectivity index (χ1) is 18.7. The van der Waals surface area contributed by atoms with Crippen LogP contribution in [0.25, 0.3) is 22.5 Å². The zero-order valence-corrected chi connectivity index (χ0v) is 20.9. The molecule has 1 N–H and O–H groups in total. The van der Waals surface area contributed by atoms with Crippen molar-refractivity contribution in [2.24, 2.45) is 7.05 Å². The van der Waals surface area contributed by atoms with Gasteiger partial charge in [0.1, 0.15) is 11.9 Å². The van der Waals surface area contributed by atoms with Crippen molar-refractivity contribution in [1.82, 2.24) is 28.7 Å². The molecule has 1 aromatic carbocycles. The van der Waals surface area contributed by atoms with Crippen LogP contribution in [0.5, 0.6) is 5.75 Å². The second-order valence-corrected chi connectivity index (χ2v) is 8.68. The molecular weight excluding hydrogens is 530 g/mol. The first kappa shape index (κ1) is 25.4. The molecule has 196 valence electrons. The molecule has 5 rings (SSSR count). The molecule has 0 aliphatic rings. The highest BCUT2D eigenvalue weighted by Gasteiger charge is 2.20. The molecule has 4 heterocycles. The number of hydrogen-bond acceptors (Lipinski definition) is 8. The minimum atomic E-state index is -0.739. The number of aromatic amines is 1. The zero-order valence-electron chi connectivity index (χ0n) is 20.1. The Kier molecular flexibility index (Phi) is 6.64. The largest absolute Gasteiger partial charge is 0.483 e. The topological polar surface area (TPSA) is 160 Å². The third kappa shape index (κ3) is 4.85. The van der Waals surface area contributed by atoms with Crippen molar-refractivity contribution in [2.75, 3.05) is 0 Å². The lowest BCUT2D eigenvalue weighted by molar-refractivity contribution is -0.391. The molecule has 0 aliphatic carbocycles. The van der Waals surface area contributed by atoms with E-state index in [1.807, 2.05) is 0 Å². The quantitative estimate of drug-likeness (QED) is 0.240. The number of halogens is 1. The molecule has 0 saturated carbocycles. The number of ether oxygens (including phenoxy) is 1. The second-order valence-electron chi connectivity index (χ2n) is 8.24. The number of rotatable bonds is 7. The normalized spacial score (nSPS) is 10.9. The summed E-state index contributed by atoms with van der Waals surface area (Å²) in [5.41, 5.74) is -1.51. The van der Waals surface area contributed by atoms with Gasteiger partial charge in [0.05, 0.1) is 35.7 Å². The van der Waals surface area contributed by atoms with E-state index in [0.717, 1.165) is 10.8 Å². The van der Waals surface area contributed by atoms with E-state index in [-0.39, 0.29) is 51.5 Å². The lowest BCUT2D eigenvalue weighted by atomic mass is 10.1. The van der Waals surface area contributed by atoms with Gasteiger partial charge >= 0.3 is 11.5 Å². The van der Waals surface area contributed by atoms with Crippen LogP contribution in [0.3, 0.4) is 0 Å². The number of nitrogens with one attached hydrogen (secondary N) is 1. The maximum atomic E-state index is 13.6. The van der Waals surface area contributed by atoms with Crippen LogP contribution in [0.4, 0.5) is 5.82 Å². The minimum Gasteiger partial charge on any atom is -0.483 e. The fourth-order valence-corrected chi connectivity index (χ4v) is 4.15. The zero-order chi connectivity index (χ0) is 27.7. The van der Waals surface area contributed by atoms with Crippen LogP contribution in [0.15, 0.2) is 87.8 Å². The van der Waals surface area contributed by atoms with E-state index in [0.29, 0.717) is 0 Å². The van der Waals surface area contributed by atoms with Gasteiger partial charge < -0.3 is 19.8 Å². The fourth-order valence-electron chi connectivity index (χ4n) is 3.93. The Morgan fingerprint density at radius 3 is 2.59 bits per heavy atom. The van der Waals surface area contributed by atoms with Gasteiger partial charge in [0.25, 0.3) is 11.1 Å². The van der Waals surface area contributed by atoms with Crippen molar-refractivity contribution in [3.05, 3.63) is 126 Å². The molecule has 0 spiro atoms. The molecule has 0 radical (unpaired) electrons. The van der Waals surface area contributed by atoms with E-state index in [2.05, 4.69) is 15.0 Å². The van der Waals surface area contributed by atoms with Crippen molar-refractivity contribution >= 4 is 17.4 Å². The molecule has 0 fully saturated rings. The van der Waals surface area contributed by atoms with Gasteiger partial charge in [0, 0.05) is 29.7 Å². The Hall–Kier alpha value is -5.30. The first-order valence-corrected chi connectivity index (χ1v) is 11.7. The van der Waals surface area contributed by atoms with Crippen LogP contribution in [-0.4, -0.2) is 33.6 Å². The van der Waals surface area contributed by atoms with Crippen LogP contribution in [0.1, 0.15) is 5.82 Å². The number of nitrogens with zero attached hydrogens (tertiary/aromatic N) is 6. The first-order valence-electron chi connectivity index (χ1n) is 11.3. The van der Waals surface area contributed by atoms with E-state index in [4.69, 9.17) is 16.3 Å². The number of aromatic nitrogens is 6. The van der Waals surface area contributed by atoms with Gasteiger partial charge in [-0.25, -0.2) is 18.9 Å². The number of benzene rings is 1. The molecule has 0 amide bonds. The Labute approximate surface area is 223 Å². The lowest BCUT2D eigenvalue weighted by Gasteiger charge is -2.14. The SMILES string of the molecule is Cn1c([N+](=O)[O-])cnc1COc1cc(Cl)cc(-n2cc(-c3ccc[nH]c3=O)c(=O)n(-c3cccnc3)c2=O)c1. The summed E-state index contributed by atoms with van der Waals surface area (Å²) >= 11 is 6.34. The van der Waals surface area contributed by atoms with Gasteiger partial charge in [-0.15, -0.1) is 0 Å². The molecule has 39 heavy (non-hydrogen) atoms. The summed E-state index contributed by atoms with van der Waals surface area (Å²) in [6, 6.07) is 10.6. The summed E-state index contributed by atoms with van der Waals surface area (Å²) in [5, 5.41) is 11.3. The molecular formula is C25H18ClN7O6. The van der Waals surface area contributed by atoms with Gasteiger partial charge in [-0.3, -0.25) is 19.1 Å². The van der Waals surface area contributed by atoms with Gasteiger partial charge in [-0.2, -0.15) is 0 Å². The summed E-state index contributed by atoms with van der Waals surface area (Å²) in [5.74, 6) is 0.317. The molecule has 14 heteroatoms.